The Balaban J connectivity index is 0.741. The molecular weight excluding hydrogens is 777 g/mol. The molecule has 0 radical (unpaired) electrons. The number of para-hydroxylation sites is 1. The predicted octanol–water partition coefficient (Wildman–Crippen LogP) is 4.63. The van der Waals surface area contributed by atoms with E-state index in [1.54, 1.807) is 29.4 Å². The van der Waals surface area contributed by atoms with Crippen LogP contribution in [0.15, 0.2) is 59.5 Å². The summed E-state index contributed by atoms with van der Waals surface area (Å²) < 4.78 is 16.8. The Bertz CT molecular complexity index is 2570. The minimum absolute atomic E-state index is 0.218. The molecule has 61 heavy (non-hydrogen) atoms. The fourth-order valence-electron chi connectivity index (χ4n) is 10.7. The molecule has 5 fully saturated rings. The second-order valence-corrected chi connectivity index (χ2v) is 17.7. The summed E-state index contributed by atoms with van der Waals surface area (Å²) in [5.74, 6) is 0.974. The third-order valence-corrected chi connectivity index (χ3v) is 14.0. The topological polar surface area (TPSA) is 161 Å². The highest BCUT2D eigenvalue weighted by Gasteiger charge is 2.40. The summed E-state index contributed by atoms with van der Waals surface area (Å²) in [6.07, 6.45) is 10.3. The molecule has 5 aromatic rings. The van der Waals surface area contributed by atoms with E-state index in [-0.39, 0.29) is 30.0 Å². The van der Waals surface area contributed by atoms with Crippen molar-refractivity contribution in [2.24, 2.45) is 13.0 Å². The number of piperidine rings is 2. The minimum Gasteiger partial charge on any atom is -0.494 e. The first-order valence-electron chi connectivity index (χ1n) is 21.8. The van der Waals surface area contributed by atoms with Crippen molar-refractivity contribution >= 4 is 56.9 Å². The number of imide groups is 1. The number of carbonyl (C=O) groups is 3. The van der Waals surface area contributed by atoms with E-state index in [1.807, 2.05) is 36.4 Å². The summed E-state index contributed by atoms with van der Waals surface area (Å²) in [6.45, 7) is 4.32. The number of aryl methyl sites for hydroxylation is 1. The zero-order valence-electron chi connectivity index (χ0n) is 35.1. The van der Waals surface area contributed by atoms with Crippen LogP contribution in [0, 0.1) is 5.92 Å². The molecule has 2 bridgehead atoms. The quantitative estimate of drug-likeness (QED) is 0.189. The molecule has 16 nitrogen and oxygen atoms in total. The van der Waals surface area contributed by atoms with Gasteiger partial charge < -0.3 is 29.5 Å². The van der Waals surface area contributed by atoms with E-state index in [2.05, 4.69) is 49.3 Å². The first kappa shape index (κ1) is 39.4. The van der Waals surface area contributed by atoms with Crippen molar-refractivity contribution < 1.29 is 23.9 Å². The van der Waals surface area contributed by atoms with Gasteiger partial charge in [0.2, 0.25) is 11.8 Å². The Morgan fingerprint density at radius 1 is 1.00 bits per heavy atom. The zero-order chi connectivity index (χ0) is 41.9. The number of carbonyl (C=O) groups excluding carboxylic acids is 3. The van der Waals surface area contributed by atoms with Gasteiger partial charge in [-0.3, -0.25) is 33.5 Å². The molecule has 3 amide bonds. The summed E-state index contributed by atoms with van der Waals surface area (Å²) in [7, 11) is 5.64. The van der Waals surface area contributed by atoms with Crippen molar-refractivity contribution in [1.82, 2.24) is 34.1 Å². The molecule has 1 saturated carbocycles. The highest BCUT2D eigenvalue weighted by Crippen LogP contribution is 2.37. The van der Waals surface area contributed by atoms with Crippen LogP contribution < -0.4 is 30.9 Å². The molecule has 10 rings (SSSR count). The lowest BCUT2D eigenvalue weighted by molar-refractivity contribution is -0.135. The van der Waals surface area contributed by atoms with Gasteiger partial charge in [-0.25, -0.2) is 9.78 Å². The normalized spacial score (nSPS) is 24.6. The standard InChI is InChI=1S/C45H54N10O6/c1-50(29-16-18-52(19-17-29)36-7-5-8-37-42(36)51(2)45(59)55(37)38-14-15-41(56)48-44(38)58)23-27-10-12-30(13-11-27)54-24-28-20-35(39(60-3)22-34(28)49-54)47-43(57)33-6-4-9-40(46-33)53-25-32-21-31(53)26-61-32/h4-9,20,22,24,27,29-32,38H,10-19,21,23,25-26H2,1-3H3,(H,47,57)(H,48,56,58)/t27-,30-,31-,32-,38?/m1/s1. The van der Waals surface area contributed by atoms with Gasteiger partial charge in [-0.2, -0.15) is 5.10 Å². The zero-order valence-corrected chi connectivity index (χ0v) is 35.1. The molecular formula is C45H54N10O6. The van der Waals surface area contributed by atoms with Crippen LogP contribution in [0.5, 0.6) is 5.75 Å². The number of nitrogens with one attached hydrogen (secondary N) is 2. The Morgan fingerprint density at radius 3 is 2.54 bits per heavy atom. The molecule has 1 unspecified atom stereocenters. The number of morpholine rings is 1. The first-order chi connectivity index (χ1) is 29.6. The van der Waals surface area contributed by atoms with E-state index in [9.17, 15) is 19.2 Å². The molecule has 2 aromatic carbocycles. The molecule has 16 heteroatoms. The van der Waals surface area contributed by atoms with Crippen molar-refractivity contribution in [3.05, 3.63) is 70.9 Å². The number of nitrogens with zero attached hydrogens (tertiary/aromatic N) is 8. The van der Waals surface area contributed by atoms with Crippen LogP contribution in [-0.4, -0.2) is 112 Å². The summed E-state index contributed by atoms with van der Waals surface area (Å²) in [5.41, 5.74) is 4.09. The van der Waals surface area contributed by atoms with Crippen molar-refractivity contribution in [2.45, 2.75) is 88.1 Å². The maximum absolute atomic E-state index is 13.5. The van der Waals surface area contributed by atoms with Crippen LogP contribution >= 0.6 is 0 Å². The third-order valence-electron chi connectivity index (χ3n) is 14.0. The van der Waals surface area contributed by atoms with Gasteiger partial charge >= 0.3 is 5.69 Å². The van der Waals surface area contributed by atoms with Gasteiger partial charge in [-0.05, 0) is 94.7 Å². The number of imidazole rings is 1. The lowest BCUT2D eigenvalue weighted by atomic mass is 9.85. The number of anilines is 3. The molecule has 5 aliphatic rings. The summed E-state index contributed by atoms with van der Waals surface area (Å²) in [6, 6.07) is 15.8. The van der Waals surface area contributed by atoms with Crippen molar-refractivity contribution in [3.63, 3.8) is 0 Å². The van der Waals surface area contributed by atoms with E-state index >= 15 is 0 Å². The molecule has 2 N–H and O–H groups in total. The number of hydrogen-bond donors (Lipinski definition) is 2. The monoisotopic (exact) mass is 830 g/mol. The van der Waals surface area contributed by atoms with E-state index in [0.29, 0.717) is 54.2 Å². The van der Waals surface area contributed by atoms with Crippen LogP contribution in [0.4, 0.5) is 17.2 Å². The average molecular weight is 831 g/mol. The highest BCUT2D eigenvalue weighted by molar-refractivity contribution is 6.05. The highest BCUT2D eigenvalue weighted by atomic mass is 16.5. The number of benzene rings is 2. The maximum atomic E-state index is 13.5. The smallest absolute Gasteiger partial charge is 0.329 e. The SMILES string of the molecule is COc1cc2nn([C@H]3CC[C@H](CN(C)C4CCN(c5cccc6c5n(C)c(=O)n6C5CCC(=O)NC5=O)CC4)CC3)cc2cc1NC(=O)c1cccc(N2C[C@H]3C[C@@H]2CO3)n1. The van der Waals surface area contributed by atoms with Gasteiger partial charge in [0.05, 0.1) is 59.8 Å². The number of pyridine rings is 1. The molecule has 0 spiro atoms. The summed E-state index contributed by atoms with van der Waals surface area (Å²) >= 11 is 0. The number of fused-ring (bicyclic) bond motifs is 4. The van der Waals surface area contributed by atoms with E-state index < -0.39 is 11.9 Å². The third kappa shape index (κ3) is 7.32. The Kier molecular flexibility index (Phi) is 10.3. The van der Waals surface area contributed by atoms with Gasteiger partial charge in [-0.15, -0.1) is 0 Å². The van der Waals surface area contributed by atoms with E-state index in [1.165, 1.54) is 0 Å². The lowest BCUT2D eigenvalue weighted by Crippen LogP contribution is -2.45. The Labute approximate surface area is 353 Å². The van der Waals surface area contributed by atoms with Gasteiger partial charge in [-0.1, -0.05) is 12.1 Å². The molecule has 3 aromatic heterocycles. The van der Waals surface area contributed by atoms with Crippen LogP contribution in [0.3, 0.4) is 0 Å². The second-order valence-electron chi connectivity index (χ2n) is 17.7. The number of hydrogen-bond acceptors (Lipinski definition) is 11. The van der Waals surface area contributed by atoms with Crippen LogP contribution in [-0.2, 0) is 21.4 Å². The maximum Gasteiger partial charge on any atom is 0.329 e. The van der Waals surface area contributed by atoms with Gasteiger partial charge in [0.15, 0.2) is 0 Å². The lowest BCUT2D eigenvalue weighted by Gasteiger charge is -2.40. The molecule has 7 heterocycles. The fraction of sp³-hybridized carbons (Fsp3) is 0.511. The van der Waals surface area contributed by atoms with Gasteiger partial charge in [0, 0.05) is 63.3 Å². The van der Waals surface area contributed by atoms with E-state index in [0.717, 1.165) is 105 Å². The number of methoxy groups -OCH3 is 1. The number of aromatic nitrogens is 5. The second kappa shape index (κ2) is 15.9. The van der Waals surface area contributed by atoms with Crippen LogP contribution in [0.2, 0.25) is 0 Å². The Morgan fingerprint density at radius 2 is 1.80 bits per heavy atom. The molecule has 3 atom stereocenters. The molecule has 4 aliphatic heterocycles. The van der Waals surface area contributed by atoms with E-state index in [4.69, 9.17) is 19.6 Å². The average Bonchev–Trinajstić information content (AvgIpc) is 4.08. The van der Waals surface area contributed by atoms with Crippen molar-refractivity contribution in [1.29, 1.82) is 0 Å². The van der Waals surface area contributed by atoms with Crippen LogP contribution in [0.1, 0.15) is 80.4 Å². The number of rotatable bonds is 10. The van der Waals surface area contributed by atoms with Crippen molar-refractivity contribution in [3.8, 4) is 5.75 Å². The first-order valence-corrected chi connectivity index (χ1v) is 21.8. The molecule has 1 aliphatic carbocycles. The number of ether oxygens (including phenoxy) is 2. The van der Waals surface area contributed by atoms with Gasteiger partial charge in [0.1, 0.15) is 23.3 Å². The summed E-state index contributed by atoms with van der Waals surface area (Å²) in [5, 5.41) is 11.4. The fourth-order valence-corrected chi connectivity index (χ4v) is 10.7. The molecule has 4 saturated heterocycles. The minimum atomic E-state index is -0.699. The summed E-state index contributed by atoms with van der Waals surface area (Å²) in [4.78, 5) is 63.4. The van der Waals surface area contributed by atoms with Crippen molar-refractivity contribution in [2.75, 3.05) is 62.1 Å². The largest absolute Gasteiger partial charge is 0.494 e. The number of amides is 3. The Hall–Kier alpha value is -5.74. The van der Waals surface area contributed by atoms with Crippen LogP contribution in [0.25, 0.3) is 21.9 Å². The van der Waals surface area contributed by atoms with Gasteiger partial charge in [0.25, 0.3) is 5.91 Å². The predicted molar refractivity (Wildman–Crippen MR) is 231 cm³/mol. The molecule has 320 valence electrons.